The molecular weight excluding hydrogens is 288 g/mol. The van der Waals surface area contributed by atoms with E-state index in [4.69, 9.17) is 5.11 Å². The highest BCUT2D eigenvalue weighted by Gasteiger charge is 2.29. The number of aryl methyl sites for hydroxylation is 1. The Labute approximate surface area is 139 Å². The molecule has 23 heavy (non-hydrogen) atoms. The minimum Gasteiger partial charge on any atom is -0.396 e. The van der Waals surface area contributed by atoms with E-state index < -0.39 is 0 Å². The summed E-state index contributed by atoms with van der Waals surface area (Å²) in [5.74, 6) is 0.528. The number of aliphatic hydroxyl groups is 1. The molecule has 2 aliphatic rings. The van der Waals surface area contributed by atoms with Gasteiger partial charge in [-0.3, -0.25) is 9.69 Å². The number of aliphatic hydroxyl groups excluding tert-OH is 1. The Morgan fingerprint density at radius 2 is 1.83 bits per heavy atom. The number of carbonyl (C=O) groups excluding carboxylic acids is 1. The summed E-state index contributed by atoms with van der Waals surface area (Å²) in [6.45, 7) is 4.98. The van der Waals surface area contributed by atoms with Gasteiger partial charge in [0.05, 0.1) is 0 Å². The van der Waals surface area contributed by atoms with Crippen LogP contribution in [0.25, 0.3) is 0 Å². The first kappa shape index (κ1) is 16.5. The molecule has 4 nitrogen and oxygen atoms in total. The normalized spacial score (nSPS) is 22.0. The van der Waals surface area contributed by atoms with Crippen LogP contribution < -0.4 is 0 Å². The Balaban J connectivity index is 1.48. The minimum absolute atomic E-state index is 0.172. The van der Waals surface area contributed by atoms with E-state index in [-0.39, 0.29) is 12.5 Å². The largest absolute Gasteiger partial charge is 0.396 e. The van der Waals surface area contributed by atoms with Crippen molar-refractivity contribution in [3.8, 4) is 0 Å². The van der Waals surface area contributed by atoms with E-state index in [0.29, 0.717) is 5.91 Å². The molecule has 1 saturated heterocycles. The second kappa shape index (κ2) is 7.93. The van der Waals surface area contributed by atoms with Crippen molar-refractivity contribution in [1.82, 2.24) is 9.80 Å². The molecule has 126 valence electrons. The maximum absolute atomic E-state index is 12.8. The number of hydrogen-bond donors (Lipinski definition) is 1. The van der Waals surface area contributed by atoms with Gasteiger partial charge in [0.15, 0.2) is 0 Å². The van der Waals surface area contributed by atoms with Crippen LogP contribution in [0.3, 0.4) is 0 Å². The van der Waals surface area contributed by atoms with Gasteiger partial charge in [-0.2, -0.15) is 0 Å². The Morgan fingerprint density at radius 3 is 2.57 bits per heavy atom. The maximum atomic E-state index is 12.8. The molecule has 0 radical (unpaired) electrons. The van der Waals surface area contributed by atoms with Crippen molar-refractivity contribution in [2.45, 2.75) is 32.1 Å². The predicted octanol–water partition coefficient (Wildman–Crippen LogP) is 1.71. The smallest absolute Gasteiger partial charge is 0.226 e. The number of rotatable bonds is 5. The monoisotopic (exact) mass is 316 g/mol. The third-order valence-corrected chi connectivity index (χ3v) is 5.26. The molecule has 1 aromatic carbocycles. The van der Waals surface area contributed by atoms with E-state index in [1.165, 1.54) is 11.1 Å². The van der Waals surface area contributed by atoms with Crippen LogP contribution in [-0.4, -0.2) is 60.1 Å². The first-order chi connectivity index (χ1) is 11.3. The van der Waals surface area contributed by atoms with Crippen LogP contribution in [-0.2, 0) is 17.6 Å². The summed E-state index contributed by atoms with van der Waals surface area (Å²) in [7, 11) is 0. The van der Waals surface area contributed by atoms with E-state index in [0.717, 1.165) is 64.8 Å². The molecule has 1 unspecified atom stereocenters. The molecule has 4 heteroatoms. The zero-order valence-corrected chi connectivity index (χ0v) is 13.9. The molecule has 0 saturated carbocycles. The van der Waals surface area contributed by atoms with Gasteiger partial charge in [-0.25, -0.2) is 0 Å². The van der Waals surface area contributed by atoms with Gasteiger partial charge < -0.3 is 10.0 Å². The molecular formula is C19H28N2O2. The number of carbonyl (C=O) groups is 1. The SMILES string of the molecule is O=C(C1CCc2ccccc2C1)N1CCN(CCCCO)CC1. The van der Waals surface area contributed by atoms with Crippen molar-refractivity contribution >= 4 is 5.91 Å². The molecule has 1 atom stereocenters. The van der Waals surface area contributed by atoms with Gasteiger partial charge in [0, 0.05) is 38.7 Å². The van der Waals surface area contributed by atoms with Crippen LogP contribution >= 0.6 is 0 Å². The predicted molar refractivity (Wildman–Crippen MR) is 91.3 cm³/mol. The number of piperazine rings is 1. The Hall–Kier alpha value is -1.39. The molecule has 1 aliphatic heterocycles. The highest BCUT2D eigenvalue weighted by Crippen LogP contribution is 2.27. The molecule has 1 aromatic rings. The zero-order chi connectivity index (χ0) is 16.1. The van der Waals surface area contributed by atoms with Crippen molar-refractivity contribution in [3.05, 3.63) is 35.4 Å². The summed E-state index contributed by atoms with van der Waals surface area (Å²) in [4.78, 5) is 17.3. The molecule has 1 amide bonds. The second-order valence-corrected chi connectivity index (χ2v) is 6.81. The lowest BCUT2D eigenvalue weighted by Gasteiger charge is -2.37. The fourth-order valence-corrected chi connectivity index (χ4v) is 3.81. The van der Waals surface area contributed by atoms with Crippen LogP contribution in [0.1, 0.15) is 30.4 Å². The van der Waals surface area contributed by atoms with E-state index in [9.17, 15) is 4.79 Å². The molecule has 3 rings (SSSR count). The van der Waals surface area contributed by atoms with Crippen molar-refractivity contribution < 1.29 is 9.90 Å². The highest BCUT2D eigenvalue weighted by atomic mass is 16.2. The summed E-state index contributed by atoms with van der Waals surface area (Å²) < 4.78 is 0. The Morgan fingerprint density at radius 1 is 1.09 bits per heavy atom. The highest BCUT2D eigenvalue weighted by molar-refractivity contribution is 5.79. The van der Waals surface area contributed by atoms with Gasteiger partial charge in [-0.15, -0.1) is 0 Å². The molecule has 0 aromatic heterocycles. The maximum Gasteiger partial charge on any atom is 0.226 e. The van der Waals surface area contributed by atoms with Crippen LogP contribution in [0.4, 0.5) is 0 Å². The Bertz CT molecular complexity index is 524. The topological polar surface area (TPSA) is 43.8 Å². The molecule has 0 spiro atoms. The summed E-state index contributed by atoms with van der Waals surface area (Å²) >= 11 is 0. The number of hydrogen-bond acceptors (Lipinski definition) is 3. The first-order valence-corrected chi connectivity index (χ1v) is 8.96. The summed E-state index contributed by atoms with van der Waals surface area (Å²) in [6.07, 6.45) is 4.86. The molecule has 1 N–H and O–H groups in total. The van der Waals surface area contributed by atoms with Crippen LogP contribution in [0.5, 0.6) is 0 Å². The van der Waals surface area contributed by atoms with Crippen molar-refractivity contribution in [2.24, 2.45) is 5.92 Å². The number of unbranched alkanes of at least 4 members (excludes halogenated alkanes) is 1. The van der Waals surface area contributed by atoms with Gasteiger partial charge in [-0.05, 0) is 49.8 Å². The van der Waals surface area contributed by atoms with Crippen LogP contribution in [0, 0.1) is 5.92 Å². The molecule has 0 bridgehead atoms. The molecule has 1 aliphatic carbocycles. The number of benzene rings is 1. The summed E-state index contributed by atoms with van der Waals surface area (Å²) in [5.41, 5.74) is 2.78. The van der Waals surface area contributed by atoms with Crippen LogP contribution in [0.2, 0.25) is 0 Å². The lowest BCUT2D eigenvalue weighted by atomic mass is 9.83. The average molecular weight is 316 g/mol. The Kier molecular flexibility index (Phi) is 5.68. The van der Waals surface area contributed by atoms with Crippen molar-refractivity contribution in [1.29, 1.82) is 0 Å². The van der Waals surface area contributed by atoms with Crippen molar-refractivity contribution in [2.75, 3.05) is 39.3 Å². The lowest BCUT2D eigenvalue weighted by Crippen LogP contribution is -2.51. The fraction of sp³-hybridized carbons (Fsp3) is 0.632. The average Bonchev–Trinajstić information content (AvgIpc) is 2.61. The lowest BCUT2D eigenvalue weighted by molar-refractivity contribution is -0.137. The third kappa shape index (κ3) is 4.12. The van der Waals surface area contributed by atoms with Crippen LogP contribution in [0.15, 0.2) is 24.3 Å². The van der Waals surface area contributed by atoms with E-state index in [1.807, 2.05) is 0 Å². The van der Waals surface area contributed by atoms with Gasteiger partial charge in [0.2, 0.25) is 5.91 Å². The third-order valence-electron chi connectivity index (χ3n) is 5.26. The summed E-state index contributed by atoms with van der Waals surface area (Å²) in [5, 5.41) is 8.85. The number of nitrogens with zero attached hydrogens (tertiary/aromatic N) is 2. The van der Waals surface area contributed by atoms with E-state index in [2.05, 4.69) is 34.1 Å². The van der Waals surface area contributed by atoms with Gasteiger partial charge in [0.25, 0.3) is 0 Å². The van der Waals surface area contributed by atoms with Gasteiger partial charge in [-0.1, -0.05) is 24.3 Å². The van der Waals surface area contributed by atoms with E-state index in [1.54, 1.807) is 0 Å². The molecule has 1 heterocycles. The van der Waals surface area contributed by atoms with Gasteiger partial charge in [0.1, 0.15) is 0 Å². The van der Waals surface area contributed by atoms with Gasteiger partial charge >= 0.3 is 0 Å². The van der Waals surface area contributed by atoms with Crippen molar-refractivity contribution in [3.63, 3.8) is 0 Å². The second-order valence-electron chi connectivity index (χ2n) is 6.81. The number of fused-ring (bicyclic) bond motifs is 1. The quantitative estimate of drug-likeness (QED) is 0.841. The first-order valence-electron chi connectivity index (χ1n) is 8.96. The number of amides is 1. The standard InChI is InChI=1S/C19H28N2O2/c22-14-4-3-9-20-10-12-21(13-11-20)19(23)18-8-7-16-5-1-2-6-17(16)15-18/h1-2,5-6,18,22H,3-4,7-15H2. The summed E-state index contributed by atoms with van der Waals surface area (Å²) in [6, 6.07) is 8.54. The minimum atomic E-state index is 0.172. The molecule has 1 fully saturated rings. The fourth-order valence-electron chi connectivity index (χ4n) is 3.81. The zero-order valence-electron chi connectivity index (χ0n) is 13.9. The van der Waals surface area contributed by atoms with E-state index >= 15 is 0 Å².